The minimum atomic E-state index is 0.0230. The molecule has 0 aromatic heterocycles. The fraction of sp³-hybridized carbons (Fsp3) is 0.900. The Morgan fingerprint density at radius 1 is 1.64 bits per heavy atom. The monoisotopic (exact) mass is 199 g/mol. The van der Waals surface area contributed by atoms with E-state index in [1.54, 1.807) is 19.0 Å². The third-order valence-corrected chi connectivity index (χ3v) is 2.94. The molecule has 4 nitrogen and oxygen atoms in total. The molecule has 1 fully saturated rings. The highest BCUT2D eigenvalue weighted by Gasteiger charge is 2.26. The lowest BCUT2D eigenvalue weighted by Gasteiger charge is -2.20. The van der Waals surface area contributed by atoms with Crippen LogP contribution < -0.4 is 5.73 Å². The van der Waals surface area contributed by atoms with Gasteiger partial charge in [0.05, 0.1) is 0 Å². The van der Waals surface area contributed by atoms with Crippen molar-refractivity contribution in [3.8, 4) is 0 Å². The summed E-state index contributed by atoms with van der Waals surface area (Å²) in [6.07, 6.45) is 1.60. The minimum absolute atomic E-state index is 0.0230. The lowest BCUT2D eigenvalue weighted by atomic mass is 9.96. The molecule has 1 saturated heterocycles. The van der Waals surface area contributed by atoms with E-state index in [1.165, 1.54) is 0 Å². The number of nitrogens with zero attached hydrogens (tertiary/aromatic N) is 2. The third-order valence-electron chi connectivity index (χ3n) is 2.94. The van der Waals surface area contributed by atoms with E-state index in [0.717, 1.165) is 19.5 Å². The van der Waals surface area contributed by atoms with Crippen molar-refractivity contribution in [2.45, 2.75) is 18.9 Å². The molecule has 0 aliphatic carbocycles. The number of carbonyl (C=O) groups is 1. The van der Waals surface area contributed by atoms with Crippen LogP contribution in [0.1, 0.15) is 12.8 Å². The molecule has 1 heterocycles. The van der Waals surface area contributed by atoms with Crippen molar-refractivity contribution < 1.29 is 4.79 Å². The molecule has 1 aliphatic heterocycles. The Morgan fingerprint density at radius 3 is 2.71 bits per heavy atom. The maximum absolute atomic E-state index is 11.4. The summed E-state index contributed by atoms with van der Waals surface area (Å²) in [6.45, 7) is 2.14. The zero-order valence-electron chi connectivity index (χ0n) is 9.36. The van der Waals surface area contributed by atoms with Crippen molar-refractivity contribution in [1.29, 1.82) is 0 Å². The molecule has 0 bridgehead atoms. The van der Waals surface area contributed by atoms with Crippen molar-refractivity contribution >= 4 is 5.91 Å². The Labute approximate surface area is 86.0 Å². The average Bonchev–Trinajstić information content (AvgIpc) is 2.51. The Balaban J connectivity index is 2.35. The van der Waals surface area contributed by atoms with Gasteiger partial charge in [-0.15, -0.1) is 0 Å². The standard InChI is InChI=1S/C10H21N3O/c1-12(2)10(14)6-9(11)8-4-5-13(3)7-8/h8-9H,4-7,11H2,1-3H3. The molecule has 4 heteroatoms. The van der Waals surface area contributed by atoms with Gasteiger partial charge in [0, 0.05) is 33.1 Å². The summed E-state index contributed by atoms with van der Waals surface area (Å²) in [5, 5.41) is 0. The second kappa shape index (κ2) is 4.75. The van der Waals surface area contributed by atoms with Gasteiger partial charge in [0.1, 0.15) is 0 Å². The number of rotatable bonds is 3. The van der Waals surface area contributed by atoms with Crippen LogP contribution in [0.3, 0.4) is 0 Å². The van der Waals surface area contributed by atoms with Crippen molar-refractivity contribution in [3.05, 3.63) is 0 Å². The fourth-order valence-electron chi connectivity index (χ4n) is 1.87. The van der Waals surface area contributed by atoms with Crippen LogP contribution in [0.2, 0.25) is 0 Å². The maximum atomic E-state index is 11.4. The molecular formula is C10H21N3O. The van der Waals surface area contributed by atoms with Crippen LogP contribution in [-0.4, -0.2) is 56.0 Å². The van der Waals surface area contributed by atoms with Gasteiger partial charge in [-0.1, -0.05) is 0 Å². The zero-order chi connectivity index (χ0) is 10.7. The van der Waals surface area contributed by atoms with E-state index in [9.17, 15) is 4.79 Å². The molecular weight excluding hydrogens is 178 g/mol. The third kappa shape index (κ3) is 2.96. The molecule has 1 aliphatic rings. The predicted molar refractivity (Wildman–Crippen MR) is 56.9 cm³/mol. The van der Waals surface area contributed by atoms with Crippen LogP contribution >= 0.6 is 0 Å². The molecule has 1 amide bonds. The Kier molecular flexibility index (Phi) is 3.89. The van der Waals surface area contributed by atoms with E-state index in [1.807, 2.05) is 0 Å². The van der Waals surface area contributed by atoms with Crippen molar-refractivity contribution in [2.75, 3.05) is 34.2 Å². The summed E-state index contributed by atoms with van der Waals surface area (Å²) >= 11 is 0. The van der Waals surface area contributed by atoms with E-state index in [2.05, 4.69) is 11.9 Å². The molecule has 0 saturated carbocycles. The molecule has 1 rings (SSSR count). The van der Waals surface area contributed by atoms with Gasteiger partial charge in [0.25, 0.3) is 0 Å². The second-order valence-electron chi connectivity index (χ2n) is 4.47. The first-order valence-electron chi connectivity index (χ1n) is 5.15. The zero-order valence-corrected chi connectivity index (χ0v) is 9.36. The Morgan fingerprint density at radius 2 is 2.29 bits per heavy atom. The first kappa shape index (κ1) is 11.5. The van der Waals surface area contributed by atoms with E-state index >= 15 is 0 Å². The molecule has 2 atom stereocenters. The Hall–Kier alpha value is -0.610. The van der Waals surface area contributed by atoms with Gasteiger partial charge < -0.3 is 15.5 Å². The lowest BCUT2D eigenvalue weighted by Crippen LogP contribution is -2.37. The summed E-state index contributed by atoms with van der Waals surface area (Å²) in [6, 6.07) is 0.0230. The molecule has 14 heavy (non-hydrogen) atoms. The molecule has 2 unspecified atom stereocenters. The van der Waals surface area contributed by atoms with Crippen LogP contribution in [0.4, 0.5) is 0 Å². The summed E-state index contributed by atoms with van der Waals surface area (Å²) in [5.74, 6) is 0.621. The lowest BCUT2D eigenvalue weighted by molar-refractivity contribution is -0.129. The van der Waals surface area contributed by atoms with Crippen LogP contribution in [-0.2, 0) is 4.79 Å². The van der Waals surface area contributed by atoms with Crippen molar-refractivity contribution in [2.24, 2.45) is 11.7 Å². The van der Waals surface area contributed by atoms with Gasteiger partial charge in [-0.3, -0.25) is 4.79 Å². The predicted octanol–water partition coefficient (Wildman–Crippen LogP) is -0.256. The quantitative estimate of drug-likeness (QED) is 0.681. The number of likely N-dealkylation sites (tertiary alicyclic amines) is 1. The summed E-state index contributed by atoms with van der Waals surface area (Å²) in [5.41, 5.74) is 6.01. The fourth-order valence-corrected chi connectivity index (χ4v) is 1.87. The number of nitrogens with two attached hydrogens (primary N) is 1. The second-order valence-corrected chi connectivity index (χ2v) is 4.47. The molecule has 0 aromatic carbocycles. The Bertz CT molecular complexity index is 206. The van der Waals surface area contributed by atoms with Crippen molar-refractivity contribution in [3.63, 3.8) is 0 Å². The first-order chi connectivity index (χ1) is 6.50. The highest BCUT2D eigenvalue weighted by Crippen LogP contribution is 2.19. The SMILES string of the molecule is CN1CCC(C(N)CC(=O)N(C)C)C1. The number of amides is 1. The molecule has 0 radical (unpaired) electrons. The number of hydrogen-bond donors (Lipinski definition) is 1. The van der Waals surface area contributed by atoms with Gasteiger partial charge in [-0.25, -0.2) is 0 Å². The van der Waals surface area contributed by atoms with Gasteiger partial charge in [0.2, 0.25) is 5.91 Å². The van der Waals surface area contributed by atoms with E-state index in [-0.39, 0.29) is 11.9 Å². The largest absolute Gasteiger partial charge is 0.349 e. The highest BCUT2D eigenvalue weighted by molar-refractivity contribution is 5.76. The van der Waals surface area contributed by atoms with Gasteiger partial charge in [-0.05, 0) is 25.9 Å². The van der Waals surface area contributed by atoms with Crippen LogP contribution in [0.15, 0.2) is 0 Å². The van der Waals surface area contributed by atoms with E-state index < -0.39 is 0 Å². The number of carbonyl (C=O) groups excluding carboxylic acids is 1. The molecule has 0 spiro atoms. The van der Waals surface area contributed by atoms with Crippen LogP contribution in [0, 0.1) is 5.92 Å². The van der Waals surface area contributed by atoms with E-state index in [4.69, 9.17) is 5.73 Å². The molecule has 2 N–H and O–H groups in total. The van der Waals surface area contributed by atoms with Gasteiger partial charge >= 0.3 is 0 Å². The molecule has 0 aromatic rings. The normalized spacial score (nSPS) is 25.0. The summed E-state index contributed by atoms with van der Waals surface area (Å²) < 4.78 is 0. The van der Waals surface area contributed by atoms with E-state index in [0.29, 0.717) is 12.3 Å². The summed E-state index contributed by atoms with van der Waals surface area (Å²) in [7, 11) is 5.64. The van der Waals surface area contributed by atoms with Crippen LogP contribution in [0.5, 0.6) is 0 Å². The molecule has 82 valence electrons. The highest BCUT2D eigenvalue weighted by atomic mass is 16.2. The minimum Gasteiger partial charge on any atom is -0.349 e. The average molecular weight is 199 g/mol. The van der Waals surface area contributed by atoms with Gasteiger partial charge in [-0.2, -0.15) is 0 Å². The first-order valence-corrected chi connectivity index (χ1v) is 5.15. The van der Waals surface area contributed by atoms with Crippen molar-refractivity contribution in [1.82, 2.24) is 9.80 Å². The maximum Gasteiger partial charge on any atom is 0.223 e. The smallest absolute Gasteiger partial charge is 0.223 e. The topological polar surface area (TPSA) is 49.6 Å². The van der Waals surface area contributed by atoms with Crippen LogP contribution in [0.25, 0.3) is 0 Å². The van der Waals surface area contributed by atoms with Gasteiger partial charge in [0.15, 0.2) is 0 Å². The number of hydrogen-bond acceptors (Lipinski definition) is 3. The summed E-state index contributed by atoms with van der Waals surface area (Å²) in [4.78, 5) is 15.3.